The first-order valence-corrected chi connectivity index (χ1v) is 18.7. The standard InChI is InChI=1S/C51H31N3O2/c1-2-12-32(13-3-1)45-31-46(54-51(53-45)41-17-5-4-14-38(41)44-18-10-11-25-52-44)37-27-35(33-21-23-49-42(29-33)39-15-6-8-19-47(39)55-49)26-36(28-37)34-22-24-50-43(30-34)40-16-7-9-20-48(40)56-50/h1-31H. The van der Waals surface area contributed by atoms with Crippen molar-refractivity contribution in [3.05, 3.63) is 188 Å². The van der Waals surface area contributed by atoms with Gasteiger partial charge in [0.05, 0.1) is 17.1 Å². The van der Waals surface area contributed by atoms with Crippen molar-refractivity contribution in [2.45, 2.75) is 0 Å². The number of benzene rings is 7. The third-order valence-corrected chi connectivity index (χ3v) is 10.6. The zero-order valence-electron chi connectivity index (χ0n) is 30.1. The summed E-state index contributed by atoms with van der Waals surface area (Å²) in [6, 6.07) is 62.7. The second kappa shape index (κ2) is 13.0. The monoisotopic (exact) mass is 717 g/mol. The van der Waals surface area contributed by atoms with Gasteiger partial charge in [-0.3, -0.25) is 4.98 Å². The summed E-state index contributed by atoms with van der Waals surface area (Å²) in [4.78, 5) is 15.2. The van der Waals surface area contributed by atoms with Gasteiger partial charge in [0.1, 0.15) is 22.3 Å². The second-order valence-electron chi connectivity index (χ2n) is 14.0. The van der Waals surface area contributed by atoms with Crippen LogP contribution in [0.3, 0.4) is 0 Å². The van der Waals surface area contributed by atoms with E-state index in [-0.39, 0.29) is 0 Å². The molecule has 0 aliphatic carbocycles. The van der Waals surface area contributed by atoms with Gasteiger partial charge in [0.2, 0.25) is 0 Å². The molecule has 4 aromatic heterocycles. The van der Waals surface area contributed by atoms with Gasteiger partial charge in [-0.1, -0.05) is 109 Å². The van der Waals surface area contributed by atoms with E-state index in [1.807, 2.05) is 79.0 Å². The lowest BCUT2D eigenvalue weighted by atomic mass is 9.93. The maximum absolute atomic E-state index is 6.22. The van der Waals surface area contributed by atoms with Gasteiger partial charge in [-0.2, -0.15) is 0 Å². The molecule has 0 N–H and O–H groups in total. The molecule has 7 aromatic carbocycles. The van der Waals surface area contributed by atoms with Crippen molar-refractivity contribution >= 4 is 43.9 Å². The maximum atomic E-state index is 6.22. The van der Waals surface area contributed by atoms with Crippen LogP contribution in [0.2, 0.25) is 0 Å². The summed E-state index contributed by atoms with van der Waals surface area (Å²) in [5, 5.41) is 4.35. The second-order valence-corrected chi connectivity index (χ2v) is 14.0. The predicted molar refractivity (Wildman–Crippen MR) is 227 cm³/mol. The number of nitrogens with zero attached hydrogens (tertiary/aromatic N) is 3. The third kappa shape index (κ3) is 5.53. The molecule has 5 nitrogen and oxygen atoms in total. The zero-order chi connectivity index (χ0) is 37.0. The Labute approximate surface area is 322 Å². The smallest absolute Gasteiger partial charge is 0.161 e. The molecule has 0 radical (unpaired) electrons. The van der Waals surface area contributed by atoms with E-state index in [0.29, 0.717) is 5.82 Å². The molecule has 262 valence electrons. The first-order chi connectivity index (χ1) is 27.7. The highest BCUT2D eigenvalue weighted by molar-refractivity contribution is 6.07. The number of pyridine rings is 1. The van der Waals surface area contributed by atoms with Gasteiger partial charge in [0, 0.05) is 50.0 Å². The fraction of sp³-hybridized carbons (Fsp3) is 0. The Balaban J connectivity index is 1.15. The third-order valence-electron chi connectivity index (χ3n) is 10.6. The molecule has 4 heterocycles. The summed E-state index contributed by atoms with van der Waals surface area (Å²) in [6.07, 6.45) is 1.82. The van der Waals surface area contributed by atoms with Crippen molar-refractivity contribution in [3.8, 4) is 67.4 Å². The molecule has 0 spiro atoms. The lowest BCUT2D eigenvalue weighted by Crippen LogP contribution is -1.98. The van der Waals surface area contributed by atoms with E-state index in [1.165, 1.54) is 0 Å². The van der Waals surface area contributed by atoms with Gasteiger partial charge in [0.25, 0.3) is 0 Å². The summed E-state index contributed by atoms with van der Waals surface area (Å²) < 4.78 is 12.4. The topological polar surface area (TPSA) is 65.0 Å². The van der Waals surface area contributed by atoms with Crippen LogP contribution >= 0.6 is 0 Å². The Morgan fingerprint density at radius 2 is 0.821 bits per heavy atom. The molecular weight excluding hydrogens is 687 g/mol. The summed E-state index contributed by atoms with van der Waals surface area (Å²) in [7, 11) is 0. The lowest BCUT2D eigenvalue weighted by Gasteiger charge is -2.14. The maximum Gasteiger partial charge on any atom is 0.161 e. The molecule has 0 saturated carbocycles. The van der Waals surface area contributed by atoms with Gasteiger partial charge in [0.15, 0.2) is 5.82 Å². The number of rotatable bonds is 6. The van der Waals surface area contributed by atoms with E-state index in [9.17, 15) is 0 Å². The first kappa shape index (κ1) is 31.9. The fourth-order valence-electron chi connectivity index (χ4n) is 7.82. The van der Waals surface area contributed by atoms with Crippen molar-refractivity contribution in [3.63, 3.8) is 0 Å². The first-order valence-electron chi connectivity index (χ1n) is 18.7. The van der Waals surface area contributed by atoms with E-state index in [0.717, 1.165) is 105 Å². The molecule has 0 saturated heterocycles. The van der Waals surface area contributed by atoms with E-state index in [2.05, 4.69) is 109 Å². The molecular formula is C51H31N3O2. The Morgan fingerprint density at radius 1 is 0.304 bits per heavy atom. The number of hydrogen-bond donors (Lipinski definition) is 0. The largest absolute Gasteiger partial charge is 0.456 e. The van der Waals surface area contributed by atoms with E-state index in [4.69, 9.17) is 23.8 Å². The number of aromatic nitrogens is 3. The molecule has 0 unspecified atom stereocenters. The van der Waals surface area contributed by atoms with Crippen LogP contribution in [0.4, 0.5) is 0 Å². The Hall–Kier alpha value is -7.63. The van der Waals surface area contributed by atoms with Crippen LogP contribution in [0.1, 0.15) is 0 Å². The Kier molecular flexibility index (Phi) is 7.42. The average molecular weight is 718 g/mol. The van der Waals surface area contributed by atoms with Crippen LogP contribution in [0.5, 0.6) is 0 Å². The van der Waals surface area contributed by atoms with Gasteiger partial charge in [-0.15, -0.1) is 0 Å². The van der Waals surface area contributed by atoms with Crippen LogP contribution < -0.4 is 0 Å². The molecule has 0 fully saturated rings. The highest BCUT2D eigenvalue weighted by Gasteiger charge is 2.18. The van der Waals surface area contributed by atoms with E-state index >= 15 is 0 Å². The van der Waals surface area contributed by atoms with Gasteiger partial charge >= 0.3 is 0 Å². The Bertz CT molecular complexity index is 3120. The quantitative estimate of drug-likeness (QED) is 0.171. The molecule has 11 rings (SSSR count). The minimum Gasteiger partial charge on any atom is -0.456 e. The molecule has 0 amide bonds. The highest BCUT2D eigenvalue weighted by Crippen LogP contribution is 2.40. The van der Waals surface area contributed by atoms with Crippen LogP contribution in [-0.2, 0) is 0 Å². The zero-order valence-corrected chi connectivity index (χ0v) is 30.1. The molecule has 0 bridgehead atoms. The minimum atomic E-state index is 0.632. The van der Waals surface area contributed by atoms with Crippen LogP contribution in [-0.4, -0.2) is 15.0 Å². The van der Waals surface area contributed by atoms with Crippen molar-refractivity contribution in [2.24, 2.45) is 0 Å². The number of furan rings is 2. The molecule has 5 heteroatoms. The molecule has 0 aliphatic heterocycles. The van der Waals surface area contributed by atoms with Crippen LogP contribution in [0, 0.1) is 0 Å². The lowest BCUT2D eigenvalue weighted by molar-refractivity contribution is 0.668. The number of para-hydroxylation sites is 2. The van der Waals surface area contributed by atoms with Crippen LogP contribution in [0.25, 0.3) is 111 Å². The van der Waals surface area contributed by atoms with Gasteiger partial charge in [-0.05, 0) is 95.1 Å². The number of fused-ring (bicyclic) bond motifs is 6. The summed E-state index contributed by atoms with van der Waals surface area (Å²) in [5.74, 6) is 0.632. The summed E-state index contributed by atoms with van der Waals surface area (Å²) in [5.41, 5.74) is 14.2. The predicted octanol–water partition coefficient (Wildman–Crippen LogP) is 13.7. The molecule has 11 aromatic rings. The SMILES string of the molecule is c1ccc(-c2cc(-c3cc(-c4ccc5oc6ccccc6c5c4)cc(-c4ccc5oc6ccccc6c5c4)c3)nc(-c3ccccc3-c3ccccn3)n2)cc1. The van der Waals surface area contributed by atoms with Crippen molar-refractivity contribution < 1.29 is 8.83 Å². The molecule has 56 heavy (non-hydrogen) atoms. The van der Waals surface area contributed by atoms with Crippen molar-refractivity contribution in [2.75, 3.05) is 0 Å². The molecule has 0 atom stereocenters. The van der Waals surface area contributed by atoms with Gasteiger partial charge in [-0.25, -0.2) is 9.97 Å². The highest BCUT2D eigenvalue weighted by atomic mass is 16.3. The molecule has 0 aliphatic rings. The van der Waals surface area contributed by atoms with E-state index < -0.39 is 0 Å². The minimum absolute atomic E-state index is 0.632. The summed E-state index contributed by atoms with van der Waals surface area (Å²) in [6.45, 7) is 0. The van der Waals surface area contributed by atoms with E-state index in [1.54, 1.807) is 0 Å². The average Bonchev–Trinajstić information content (AvgIpc) is 3.84. The van der Waals surface area contributed by atoms with Gasteiger partial charge < -0.3 is 8.83 Å². The Morgan fingerprint density at radius 3 is 1.45 bits per heavy atom. The summed E-state index contributed by atoms with van der Waals surface area (Å²) >= 11 is 0. The number of hydrogen-bond acceptors (Lipinski definition) is 5. The fourth-order valence-corrected chi connectivity index (χ4v) is 7.82. The van der Waals surface area contributed by atoms with Crippen LogP contribution in [0.15, 0.2) is 197 Å². The van der Waals surface area contributed by atoms with Crippen molar-refractivity contribution in [1.82, 2.24) is 15.0 Å². The normalized spacial score (nSPS) is 11.6. The van der Waals surface area contributed by atoms with Crippen molar-refractivity contribution in [1.29, 1.82) is 0 Å².